The number of ether oxygens (including phenoxy) is 1. The number of benzene rings is 2. The molecule has 4 aliphatic carbocycles. The monoisotopic (exact) mass is 693 g/mol. The predicted octanol–water partition coefficient (Wildman–Crippen LogP) is 6.98. The van der Waals surface area contributed by atoms with Gasteiger partial charge in [0.25, 0.3) is 0 Å². The Bertz CT molecular complexity index is 1790. The summed E-state index contributed by atoms with van der Waals surface area (Å²) in [6, 6.07) is 14.5. The van der Waals surface area contributed by atoms with Crippen molar-refractivity contribution in [2.24, 2.45) is 34.0 Å². The molecule has 51 heavy (non-hydrogen) atoms. The Morgan fingerprint density at radius 2 is 1.82 bits per heavy atom. The summed E-state index contributed by atoms with van der Waals surface area (Å²) in [6.45, 7) is 11.5. The summed E-state index contributed by atoms with van der Waals surface area (Å²) in [5.41, 5.74) is -0.524. The van der Waals surface area contributed by atoms with Crippen LogP contribution in [-0.2, 0) is 25.7 Å². The van der Waals surface area contributed by atoms with E-state index in [4.69, 9.17) is 4.74 Å². The standard InChI is InChI=1S/C44H55NO6/c1-41(2,3)21-9-6-10-24-45(28-31-14-11-13-30-12-7-8-15-34(30)31)25-20-39(49)51-29-38(48)44(50)23-19-36-35-17-16-32-26-33(46)18-22-42(32,4)40(35)37(47)27-43(36,44)5/h6-8,10-15,26,35-37,40,47,50H,16-20,22-25,27-29H2,1-5H3/b10-6+/t35?,36?,37-,40?,42-,43-,44-/m0/s1. The number of hydrogen-bond acceptors (Lipinski definition) is 7. The average molecular weight is 694 g/mol. The number of fused-ring (bicyclic) bond motifs is 6. The second-order valence-electron chi connectivity index (χ2n) is 17.1. The van der Waals surface area contributed by atoms with Crippen LogP contribution >= 0.6 is 0 Å². The molecular weight excluding hydrogens is 638 g/mol. The van der Waals surface area contributed by atoms with Crippen molar-refractivity contribution in [3.63, 3.8) is 0 Å². The maximum atomic E-state index is 13.8. The van der Waals surface area contributed by atoms with E-state index in [0.29, 0.717) is 45.3 Å². The fourth-order valence-electron chi connectivity index (χ4n) is 10.2. The average Bonchev–Trinajstić information content (AvgIpc) is 3.35. The number of rotatable bonds is 10. The summed E-state index contributed by atoms with van der Waals surface area (Å²) in [5.74, 6) is 5.75. The first-order chi connectivity index (χ1) is 24.1. The molecule has 3 fully saturated rings. The topological polar surface area (TPSA) is 104 Å². The Kier molecular flexibility index (Phi) is 10.5. The third kappa shape index (κ3) is 7.38. The van der Waals surface area contributed by atoms with Crippen LogP contribution in [0, 0.1) is 45.8 Å². The Labute approximate surface area is 303 Å². The SMILES string of the molecule is CC(C)(C)C#C/C=C/CN(CCC(=O)OCC(=O)[C@@]1(O)CCC2C3CCC4=CC(=O)CC[C@]4(C)C3[C@@H](O)C[C@@]21C)Cc1cccc2ccccc12. The molecule has 4 aliphatic rings. The Hall–Kier alpha value is -3.57. The van der Waals surface area contributed by atoms with Gasteiger partial charge in [-0.3, -0.25) is 19.3 Å². The third-order valence-electron chi connectivity index (χ3n) is 12.8. The van der Waals surface area contributed by atoms with Gasteiger partial charge in [0.2, 0.25) is 5.78 Å². The molecule has 0 aromatic heterocycles. The van der Waals surface area contributed by atoms with Gasteiger partial charge < -0.3 is 14.9 Å². The lowest BCUT2D eigenvalue weighted by molar-refractivity contribution is -0.184. The zero-order chi connectivity index (χ0) is 36.6. The molecule has 0 bridgehead atoms. The van der Waals surface area contributed by atoms with E-state index in [1.54, 1.807) is 0 Å². The van der Waals surface area contributed by atoms with Crippen molar-refractivity contribution in [3.8, 4) is 11.8 Å². The second kappa shape index (κ2) is 14.5. The van der Waals surface area contributed by atoms with Crippen LogP contribution in [0.5, 0.6) is 0 Å². The van der Waals surface area contributed by atoms with Crippen LogP contribution in [-0.4, -0.2) is 64.1 Å². The van der Waals surface area contributed by atoms with E-state index in [1.165, 1.54) is 5.39 Å². The fourth-order valence-corrected chi connectivity index (χ4v) is 10.2. The van der Waals surface area contributed by atoms with Gasteiger partial charge in [-0.05, 0) is 111 Å². The van der Waals surface area contributed by atoms with Crippen molar-refractivity contribution in [3.05, 3.63) is 71.8 Å². The molecule has 2 aromatic carbocycles. The lowest BCUT2D eigenvalue weighted by atomic mass is 9.45. The van der Waals surface area contributed by atoms with Crippen molar-refractivity contribution in [1.29, 1.82) is 0 Å². The maximum Gasteiger partial charge on any atom is 0.307 e. The van der Waals surface area contributed by atoms with E-state index >= 15 is 0 Å². The molecule has 7 atom stereocenters. The van der Waals surface area contributed by atoms with Gasteiger partial charge in [0.05, 0.1) is 12.5 Å². The van der Waals surface area contributed by atoms with Crippen molar-refractivity contribution in [2.75, 3.05) is 19.7 Å². The van der Waals surface area contributed by atoms with Crippen LogP contribution in [0.3, 0.4) is 0 Å². The van der Waals surface area contributed by atoms with Gasteiger partial charge >= 0.3 is 5.97 Å². The number of allylic oxidation sites excluding steroid dienone is 2. The molecule has 3 saturated carbocycles. The number of ketones is 2. The van der Waals surface area contributed by atoms with E-state index in [1.807, 2.05) is 43.4 Å². The molecule has 6 rings (SSSR count). The van der Waals surface area contributed by atoms with Gasteiger partial charge in [0.15, 0.2) is 12.4 Å². The first-order valence-electron chi connectivity index (χ1n) is 18.8. The van der Waals surface area contributed by atoms with Crippen LogP contribution in [0.15, 0.2) is 66.3 Å². The second-order valence-corrected chi connectivity index (χ2v) is 17.1. The highest BCUT2D eigenvalue weighted by Crippen LogP contribution is 2.67. The van der Waals surface area contributed by atoms with Crippen molar-refractivity contribution < 1.29 is 29.3 Å². The highest BCUT2D eigenvalue weighted by molar-refractivity contribution is 5.92. The molecule has 2 aromatic rings. The van der Waals surface area contributed by atoms with Crippen LogP contribution < -0.4 is 0 Å². The molecule has 272 valence electrons. The minimum absolute atomic E-state index is 0.00356. The highest BCUT2D eigenvalue weighted by Gasteiger charge is 2.68. The van der Waals surface area contributed by atoms with E-state index in [2.05, 4.69) is 68.7 Å². The van der Waals surface area contributed by atoms with E-state index in [9.17, 15) is 24.6 Å². The van der Waals surface area contributed by atoms with Gasteiger partial charge in [-0.2, -0.15) is 0 Å². The normalized spacial score (nSPS) is 31.8. The van der Waals surface area contributed by atoms with E-state index in [-0.39, 0.29) is 40.8 Å². The van der Waals surface area contributed by atoms with Crippen LogP contribution in [0.4, 0.5) is 0 Å². The Morgan fingerprint density at radius 1 is 1.06 bits per heavy atom. The number of nitrogens with zero attached hydrogens (tertiary/aromatic N) is 1. The van der Waals surface area contributed by atoms with Gasteiger partial charge in [-0.25, -0.2) is 0 Å². The van der Waals surface area contributed by atoms with Crippen molar-refractivity contribution in [2.45, 2.75) is 104 Å². The number of aliphatic hydroxyl groups excluding tert-OH is 1. The van der Waals surface area contributed by atoms with E-state index in [0.717, 1.165) is 35.8 Å². The number of hydrogen-bond donors (Lipinski definition) is 2. The first kappa shape index (κ1) is 37.2. The minimum Gasteiger partial charge on any atom is -0.458 e. The summed E-state index contributed by atoms with van der Waals surface area (Å²) in [7, 11) is 0. The molecule has 0 spiro atoms. The third-order valence-corrected chi connectivity index (χ3v) is 12.8. The number of carbonyl (C=O) groups is 3. The van der Waals surface area contributed by atoms with Gasteiger partial charge in [-0.15, -0.1) is 0 Å². The lowest BCUT2D eigenvalue weighted by Gasteiger charge is -2.60. The maximum absolute atomic E-state index is 13.8. The molecule has 0 radical (unpaired) electrons. The molecule has 2 N–H and O–H groups in total. The quantitative estimate of drug-likeness (QED) is 0.204. The van der Waals surface area contributed by atoms with Gasteiger partial charge in [-0.1, -0.05) is 79.8 Å². The fraction of sp³-hybridized carbons (Fsp3) is 0.568. The number of esters is 1. The van der Waals surface area contributed by atoms with Crippen LogP contribution in [0.25, 0.3) is 10.8 Å². The molecule has 0 heterocycles. The Morgan fingerprint density at radius 3 is 2.61 bits per heavy atom. The van der Waals surface area contributed by atoms with Gasteiger partial charge in [0.1, 0.15) is 5.60 Å². The summed E-state index contributed by atoms with van der Waals surface area (Å²) in [6.07, 6.45) is 9.24. The molecule has 0 saturated heterocycles. The summed E-state index contributed by atoms with van der Waals surface area (Å²) in [4.78, 5) is 41.3. The van der Waals surface area contributed by atoms with E-state index < -0.39 is 35.5 Å². The van der Waals surface area contributed by atoms with Crippen molar-refractivity contribution >= 4 is 28.3 Å². The summed E-state index contributed by atoms with van der Waals surface area (Å²) in [5, 5.41) is 26.1. The predicted molar refractivity (Wildman–Crippen MR) is 199 cm³/mol. The Balaban J connectivity index is 1.09. The van der Waals surface area contributed by atoms with Crippen LogP contribution in [0.2, 0.25) is 0 Å². The van der Waals surface area contributed by atoms with Gasteiger partial charge in [0, 0.05) is 36.9 Å². The molecule has 7 heteroatoms. The minimum atomic E-state index is -1.68. The lowest BCUT2D eigenvalue weighted by Crippen LogP contribution is -2.62. The molecule has 3 unspecified atom stereocenters. The molecular formula is C44H55NO6. The highest BCUT2D eigenvalue weighted by atomic mass is 16.5. The first-order valence-corrected chi connectivity index (χ1v) is 18.8. The van der Waals surface area contributed by atoms with Crippen molar-refractivity contribution in [1.82, 2.24) is 4.90 Å². The zero-order valence-electron chi connectivity index (χ0n) is 31.0. The summed E-state index contributed by atoms with van der Waals surface area (Å²) >= 11 is 0. The zero-order valence-corrected chi connectivity index (χ0v) is 31.0. The summed E-state index contributed by atoms with van der Waals surface area (Å²) < 4.78 is 5.57. The molecule has 0 amide bonds. The smallest absolute Gasteiger partial charge is 0.307 e. The molecule has 0 aliphatic heterocycles. The van der Waals surface area contributed by atoms with Crippen LogP contribution in [0.1, 0.15) is 91.5 Å². The number of carbonyl (C=O) groups excluding carboxylic acids is 3. The largest absolute Gasteiger partial charge is 0.458 e. The number of Topliss-reactive ketones (excluding diaryl/α,β-unsaturated/α-hetero) is 1. The number of aliphatic hydroxyl groups is 2. The molecule has 7 nitrogen and oxygen atoms in total.